The number of fused-ring (bicyclic) bond motifs is 4. The van der Waals surface area contributed by atoms with Crippen molar-refractivity contribution in [1.29, 1.82) is 0 Å². The lowest BCUT2D eigenvalue weighted by Crippen LogP contribution is -2.55. The highest BCUT2D eigenvalue weighted by molar-refractivity contribution is 5.83. The summed E-state index contributed by atoms with van der Waals surface area (Å²) in [4.78, 5) is 38.2. The number of urea groups is 1. The van der Waals surface area contributed by atoms with Gasteiger partial charge in [0.05, 0.1) is 0 Å². The molecule has 7 nitrogen and oxygen atoms in total. The van der Waals surface area contributed by atoms with Gasteiger partial charge >= 0.3 is 12.0 Å². The molecule has 0 spiro atoms. The summed E-state index contributed by atoms with van der Waals surface area (Å²) in [5, 5.41) is 12.2. The topological polar surface area (TPSA) is 91.6 Å². The number of aliphatic carboxylic acids is 1. The molecule has 3 heterocycles. The van der Waals surface area contributed by atoms with Gasteiger partial charge < -0.3 is 19.9 Å². The molecule has 1 aromatic carbocycles. The van der Waals surface area contributed by atoms with E-state index in [4.69, 9.17) is 0 Å². The van der Waals surface area contributed by atoms with Crippen LogP contribution in [0.25, 0.3) is 0 Å². The molecule has 0 unspecified atom stereocenters. The Morgan fingerprint density at radius 2 is 1.86 bits per heavy atom. The van der Waals surface area contributed by atoms with Gasteiger partial charge in [0.15, 0.2) is 0 Å². The van der Waals surface area contributed by atoms with Crippen LogP contribution in [0.2, 0.25) is 0 Å². The van der Waals surface area contributed by atoms with Crippen LogP contribution in [-0.4, -0.2) is 45.7 Å². The average molecular weight is 381 g/mol. The fourth-order valence-corrected chi connectivity index (χ4v) is 4.35. The summed E-state index contributed by atoms with van der Waals surface area (Å²) in [6.45, 7) is 1.62. The minimum atomic E-state index is -1.05. The second-order valence-corrected chi connectivity index (χ2v) is 7.63. The molecule has 2 aliphatic rings. The zero-order valence-electron chi connectivity index (χ0n) is 15.5. The maximum atomic E-state index is 12.8. The van der Waals surface area contributed by atoms with E-state index in [1.807, 2.05) is 41.0 Å². The van der Waals surface area contributed by atoms with E-state index in [1.165, 1.54) is 0 Å². The summed E-state index contributed by atoms with van der Waals surface area (Å²) in [6.07, 6.45) is 1.18. The van der Waals surface area contributed by atoms with Crippen LogP contribution < -0.4 is 10.9 Å². The van der Waals surface area contributed by atoms with E-state index < -0.39 is 12.0 Å². The second-order valence-electron chi connectivity index (χ2n) is 7.63. The minimum Gasteiger partial charge on any atom is -0.480 e. The highest BCUT2D eigenvalue weighted by Crippen LogP contribution is 2.34. The third kappa shape index (κ3) is 3.65. The smallest absolute Gasteiger partial charge is 0.326 e. The van der Waals surface area contributed by atoms with Crippen LogP contribution in [0, 0.1) is 5.92 Å². The molecule has 1 fully saturated rings. The van der Waals surface area contributed by atoms with Crippen molar-refractivity contribution in [3.63, 3.8) is 0 Å². The summed E-state index contributed by atoms with van der Waals surface area (Å²) in [5.41, 5.74) is 1.82. The largest absolute Gasteiger partial charge is 0.480 e. The molecule has 1 aromatic heterocycles. The zero-order chi connectivity index (χ0) is 19.7. The number of hydrogen-bond acceptors (Lipinski definition) is 3. The summed E-state index contributed by atoms with van der Waals surface area (Å²) < 4.78 is 1.81. The maximum absolute atomic E-state index is 12.8. The Morgan fingerprint density at radius 3 is 2.61 bits per heavy atom. The van der Waals surface area contributed by atoms with Crippen molar-refractivity contribution in [3.05, 3.63) is 70.1 Å². The van der Waals surface area contributed by atoms with Crippen LogP contribution >= 0.6 is 0 Å². The van der Waals surface area contributed by atoms with Crippen molar-refractivity contribution in [3.8, 4) is 0 Å². The number of likely N-dealkylation sites (tertiary alicyclic amines) is 1. The number of piperidine rings is 1. The van der Waals surface area contributed by atoms with Crippen molar-refractivity contribution in [2.45, 2.75) is 31.3 Å². The standard InChI is InChI=1S/C21H23N3O4/c25-19-8-4-7-18-16-9-15(12-24(18)19)11-23(13-16)21(28)22-17(20(26)27)10-14-5-2-1-3-6-14/h1-8,15-17H,9-13H2,(H,22,28)(H,26,27)/t15-,16-,17-/m1/s1. The number of rotatable bonds is 4. The Hall–Kier alpha value is -3.09. The van der Waals surface area contributed by atoms with E-state index in [0.717, 1.165) is 17.7 Å². The molecule has 0 aliphatic carbocycles. The SMILES string of the molecule is O=C(O)[C@@H](Cc1ccccc1)NC(=O)N1C[C@H]2C[C@H](C1)c1cccc(=O)n1C2. The molecule has 2 N–H and O–H groups in total. The molecule has 7 heteroatoms. The highest BCUT2D eigenvalue weighted by Gasteiger charge is 2.37. The number of pyridine rings is 1. The Kier molecular flexibility index (Phi) is 4.90. The van der Waals surface area contributed by atoms with Crippen LogP contribution in [0.5, 0.6) is 0 Å². The first-order valence-corrected chi connectivity index (χ1v) is 9.53. The lowest BCUT2D eigenvalue weighted by molar-refractivity contribution is -0.139. The van der Waals surface area contributed by atoms with Gasteiger partial charge in [0.25, 0.3) is 5.56 Å². The Balaban J connectivity index is 1.47. The van der Waals surface area contributed by atoms with E-state index in [0.29, 0.717) is 19.6 Å². The maximum Gasteiger partial charge on any atom is 0.326 e. The molecule has 2 aliphatic heterocycles. The molecule has 2 bridgehead atoms. The summed E-state index contributed by atoms with van der Waals surface area (Å²) >= 11 is 0. The van der Waals surface area contributed by atoms with Gasteiger partial charge in [0, 0.05) is 43.7 Å². The Morgan fingerprint density at radius 1 is 1.07 bits per heavy atom. The normalized spacial score (nSPS) is 21.5. The van der Waals surface area contributed by atoms with Crippen molar-refractivity contribution in [2.75, 3.05) is 13.1 Å². The van der Waals surface area contributed by atoms with Gasteiger partial charge in [0.1, 0.15) is 6.04 Å². The van der Waals surface area contributed by atoms with E-state index in [2.05, 4.69) is 5.32 Å². The number of aromatic nitrogens is 1. The third-order valence-electron chi connectivity index (χ3n) is 5.65. The highest BCUT2D eigenvalue weighted by atomic mass is 16.4. The molecular formula is C21H23N3O4. The van der Waals surface area contributed by atoms with Crippen LogP contribution in [-0.2, 0) is 17.8 Å². The number of carboxylic acid groups (broad SMARTS) is 1. The van der Waals surface area contributed by atoms with Crippen molar-refractivity contribution >= 4 is 12.0 Å². The van der Waals surface area contributed by atoms with Gasteiger partial charge in [-0.3, -0.25) is 4.79 Å². The molecule has 1 saturated heterocycles. The van der Waals surface area contributed by atoms with Crippen LogP contribution in [0.15, 0.2) is 53.3 Å². The van der Waals surface area contributed by atoms with Crippen LogP contribution in [0.4, 0.5) is 4.79 Å². The molecule has 4 rings (SSSR count). The number of carboxylic acids is 1. The number of nitrogens with zero attached hydrogens (tertiary/aromatic N) is 2. The lowest BCUT2D eigenvalue weighted by atomic mass is 9.83. The summed E-state index contributed by atoms with van der Waals surface area (Å²) in [5.74, 6) is -0.745. The third-order valence-corrected chi connectivity index (χ3v) is 5.65. The van der Waals surface area contributed by atoms with Crippen molar-refractivity contribution < 1.29 is 14.7 Å². The van der Waals surface area contributed by atoms with Crippen LogP contribution in [0.1, 0.15) is 23.6 Å². The molecule has 0 saturated carbocycles. The van der Waals surface area contributed by atoms with Gasteiger partial charge in [-0.05, 0) is 24.0 Å². The van der Waals surface area contributed by atoms with E-state index in [9.17, 15) is 19.5 Å². The molecule has 0 radical (unpaired) electrons. The fourth-order valence-electron chi connectivity index (χ4n) is 4.35. The first kappa shape index (κ1) is 18.3. The molecule has 28 heavy (non-hydrogen) atoms. The molecule has 146 valence electrons. The molecule has 2 amide bonds. The number of nitrogens with one attached hydrogen (secondary N) is 1. The molecule has 2 aromatic rings. The van der Waals surface area contributed by atoms with Crippen molar-refractivity contribution in [2.24, 2.45) is 5.92 Å². The average Bonchev–Trinajstić information content (AvgIpc) is 2.69. The second kappa shape index (κ2) is 7.50. The van der Waals surface area contributed by atoms with Gasteiger partial charge in [0.2, 0.25) is 0 Å². The number of hydrogen-bond donors (Lipinski definition) is 2. The van der Waals surface area contributed by atoms with E-state index in [-0.39, 0.29) is 29.8 Å². The Labute approximate surface area is 162 Å². The Bertz CT molecular complexity index is 940. The first-order chi connectivity index (χ1) is 13.5. The van der Waals surface area contributed by atoms with E-state index in [1.54, 1.807) is 17.0 Å². The monoisotopic (exact) mass is 381 g/mol. The summed E-state index contributed by atoms with van der Waals surface area (Å²) in [7, 11) is 0. The van der Waals surface area contributed by atoms with Crippen molar-refractivity contribution in [1.82, 2.24) is 14.8 Å². The predicted molar refractivity (Wildman–Crippen MR) is 103 cm³/mol. The first-order valence-electron chi connectivity index (χ1n) is 9.53. The molecule has 3 atom stereocenters. The minimum absolute atomic E-state index is 0.00101. The molecular weight excluding hydrogens is 358 g/mol. The summed E-state index contributed by atoms with van der Waals surface area (Å²) in [6, 6.07) is 13.2. The van der Waals surface area contributed by atoms with Gasteiger partial charge in [-0.15, -0.1) is 0 Å². The fraction of sp³-hybridized carbons (Fsp3) is 0.381. The van der Waals surface area contributed by atoms with Gasteiger partial charge in [-0.2, -0.15) is 0 Å². The number of amides is 2. The lowest BCUT2D eigenvalue weighted by Gasteiger charge is -2.42. The number of carbonyl (C=O) groups excluding carboxylic acids is 1. The van der Waals surface area contributed by atoms with Gasteiger partial charge in [-0.25, -0.2) is 9.59 Å². The van der Waals surface area contributed by atoms with E-state index >= 15 is 0 Å². The predicted octanol–water partition coefficient (Wildman–Crippen LogP) is 1.67. The van der Waals surface area contributed by atoms with Crippen LogP contribution in [0.3, 0.4) is 0 Å². The number of benzene rings is 1. The quantitative estimate of drug-likeness (QED) is 0.843. The number of carbonyl (C=O) groups is 2. The van der Waals surface area contributed by atoms with Gasteiger partial charge in [-0.1, -0.05) is 36.4 Å². The zero-order valence-corrected chi connectivity index (χ0v) is 15.5.